The number of nitrogens with one attached hydrogen (secondary N) is 3. The number of dihydropyridines is 1. The van der Waals surface area contributed by atoms with Crippen LogP contribution in [0.1, 0.15) is 73.8 Å². The first-order valence-electron chi connectivity index (χ1n) is 25.8. The van der Waals surface area contributed by atoms with Gasteiger partial charge in [-0.05, 0) is 73.4 Å². The summed E-state index contributed by atoms with van der Waals surface area (Å²) in [6.45, 7) is 2.30. The van der Waals surface area contributed by atoms with Gasteiger partial charge in [-0.1, -0.05) is 49.7 Å². The fourth-order valence-electron chi connectivity index (χ4n) is 13.1. The number of aromatic hydroxyl groups is 3. The number of aliphatic hydroxyl groups excluding tert-OH is 5. The van der Waals surface area contributed by atoms with Crippen LogP contribution in [0.2, 0.25) is 0 Å². The molecule has 2 aromatic heterocycles. The van der Waals surface area contributed by atoms with E-state index in [1.807, 2.05) is 13.0 Å². The Morgan fingerprint density at radius 3 is 2.47 bits per heavy atom. The molecular formula is C56H55N3O20. The van der Waals surface area contributed by atoms with Gasteiger partial charge < -0.3 is 94.9 Å². The standard InChI is InChI=1S/C56H55N3O20/c1-25-6-14-58-47-31(25)18-29(24-59-47)32-20-30-21-33-26(7-15-57-33)5-13-51(9-2-3-10-51)55(72)46(68)45(67)54(30,79-53(55)12-4-11-52(49(69)70)56(73,74)44(66)43(65)48(78-52)76-50(53)71)77-38-23-37-40(42(64)39(32)38)34(61)22-36(75-37)28-17-27(8-16-60)41(63)35(62)19-28/h7,15,17-20,22-25,32,43-48,57-60,62-68,72-74H,2-3,6,8-10,12,14,16,21H2,1H3,(H,69,70). The number of aliphatic hydroxyl groups is 8. The van der Waals surface area contributed by atoms with E-state index in [9.17, 15) is 70.9 Å². The number of phenolic OH excluding ortho intramolecular Hbond substituents is 3. The number of aromatic nitrogens is 1. The number of carboxylic acid groups (broad SMARTS) is 1. The Labute approximate surface area is 447 Å². The molecule has 2 aromatic carbocycles. The van der Waals surface area contributed by atoms with Gasteiger partial charge in [-0.25, -0.2) is 9.59 Å². The highest BCUT2D eigenvalue weighted by Gasteiger charge is 2.80. The van der Waals surface area contributed by atoms with E-state index in [-0.39, 0.29) is 76.8 Å². The number of H-pyrrole nitrogens is 1. The van der Waals surface area contributed by atoms with Gasteiger partial charge in [0.1, 0.15) is 46.5 Å². The number of aliphatic carboxylic acids is 1. The van der Waals surface area contributed by atoms with Crippen molar-refractivity contribution in [1.29, 1.82) is 0 Å². The third kappa shape index (κ3) is 7.26. The monoisotopic (exact) mass is 1090 g/mol. The van der Waals surface area contributed by atoms with Crippen LogP contribution in [-0.4, -0.2) is 157 Å². The summed E-state index contributed by atoms with van der Waals surface area (Å²) in [6, 6.07) is 6.36. The molecule has 414 valence electrons. The molecule has 2 aliphatic carbocycles. The molecule has 79 heavy (non-hydrogen) atoms. The Hall–Kier alpha value is -7.23. The summed E-state index contributed by atoms with van der Waals surface area (Å²) < 4.78 is 31.8. The van der Waals surface area contributed by atoms with E-state index in [1.165, 1.54) is 18.2 Å². The van der Waals surface area contributed by atoms with Crippen LogP contribution in [0.3, 0.4) is 0 Å². The molecule has 23 nitrogen and oxygen atoms in total. The number of carbonyl (C=O) groups is 2. The van der Waals surface area contributed by atoms with Gasteiger partial charge in [0.15, 0.2) is 28.6 Å². The summed E-state index contributed by atoms with van der Waals surface area (Å²) >= 11 is 0. The highest BCUT2D eigenvalue weighted by molar-refractivity contribution is 5.90. The van der Waals surface area contributed by atoms with Gasteiger partial charge in [-0.3, -0.25) is 10.1 Å². The third-order valence-corrected chi connectivity index (χ3v) is 17.3. The van der Waals surface area contributed by atoms with Crippen molar-refractivity contribution < 1.29 is 94.2 Å². The number of phenols is 3. The van der Waals surface area contributed by atoms with E-state index >= 15 is 4.79 Å². The second-order valence-corrected chi connectivity index (χ2v) is 21.6. The van der Waals surface area contributed by atoms with Crippen LogP contribution in [-0.2, 0) is 36.6 Å². The number of ether oxygens (including phenoxy) is 4. The molecule has 9 heterocycles. The number of fused-ring (bicyclic) bond motifs is 6. The van der Waals surface area contributed by atoms with Crippen molar-refractivity contribution in [2.45, 2.75) is 129 Å². The minimum absolute atomic E-state index is 0.0214. The van der Waals surface area contributed by atoms with E-state index in [4.69, 9.17) is 23.4 Å². The smallest absolute Gasteiger partial charge is 0.354 e. The van der Waals surface area contributed by atoms with Gasteiger partial charge >= 0.3 is 11.9 Å². The lowest BCUT2D eigenvalue weighted by atomic mass is 9.55. The second kappa shape index (κ2) is 18.2. The van der Waals surface area contributed by atoms with Crippen molar-refractivity contribution in [2.75, 3.05) is 13.2 Å². The molecule has 0 radical (unpaired) electrons. The number of piperidine rings is 1. The Kier molecular flexibility index (Phi) is 12.1. The largest absolute Gasteiger partial charge is 0.507 e. The molecule has 23 heteroatoms. The number of hydrogen-bond acceptors (Lipinski definition) is 21. The van der Waals surface area contributed by atoms with Crippen LogP contribution in [0.25, 0.3) is 22.3 Å². The van der Waals surface area contributed by atoms with Crippen LogP contribution < -0.4 is 20.8 Å². The Bertz CT molecular complexity index is 3570. The first kappa shape index (κ1) is 52.5. The van der Waals surface area contributed by atoms with Crippen LogP contribution in [0.5, 0.6) is 23.0 Å². The number of allylic oxidation sites excluding steroid dienone is 3. The summed E-state index contributed by atoms with van der Waals surface area (Å²) in [7, 11) is 0. The Morgan fingerprint density at radius 1 is 0.949 bits per heavy atom. The lowest BCUT2D eigenvalue weighted by Crippen LogP contribution is -2.84. The highest BCUT2D eigenvalue weighted by Crippen LogP contribution is 2.62. The number of carbonyl (C=O) groups excluding carboxylic acids is 1. The molecule has 3 spiro atoms. The van der Waals surface area contributed by atoms with Crippen molar-refractivity contribution in [1.82, 2.24) is 15.6 Å². The summed E-state index contributed by atoms with van der Waals surface area (Å²) in [5.74, 6) is -3.73. The fourth-order valence-corrected chi connectivity index (χ4v) is 13.1. The van der Waals surface area contributed by atoms with Crippen molar-refractivity contribution in [3.63, 3.8) is 0 Å². The molecular weight excluding hydrogens is 1030 g/mol. The molecule has 15 N–H and O–H groups in total. The van der Waals surface area contributed by atoms with Crippen molar-refractivity contribution in [2.24, 2.45) is 11.3 Å². The molecule has 4 bridgehead atoms. The van der Waals surface area contributed by atoms with Gasteiger partial charge in [0.05, 0.1) is 18.0 Å². The first-order valence-corrected chi connectivity index (χ1v) is 25.8. The number of benzene rings is 2. The zero-order valence-corrected chi connectivity index (χ0v) is 42.0. The van der Waals surface area contributed by atoms with Gasteiger partial charge in [0.2, 0.25) is 17.7 Å². The highest BCUT2D eigenvalue weighted by atomic mass is 16.8. The van der Waals surface area contributed by atoms with Gasteiger partial charge in [0, 0.05) is 77.0 Å². The van der Waals surface area contributed by atoms with Crippen LogP contribution in [0.15, 0.2) is 80.8 Å². The summed E-state index contributed by atoms with van der Waals surface area (Å²) in [5.41, 5.74) is -11.2. The molecule has 4 fully saturated rings. The number of aromatic amines is 1. The number of carboxylic acids is 1. The van der Waals surface area contributed by atoms with E-state index in [0.717, 1.165) is 24.1 Å². The second-order valence-electron chi connectivity index (χ2n) is 21.6. The molecule has 0 amide bonds. The number of hydrogen-bond donors (Lipinski definition) is 15. The molecule has 1 saturated carbocycles. The molecule has 3 saturated heterocycles. The minimum Gasteiger partial charge on any atom is -0.507 e. The SMILES string of the molecule is CC1CCNC2NC=C(C3C=C4Cc5[nH]ccc5C#CC5(CCCC5)C5(O)C(O)C(O)C4(Oc4cc6oc(-c7cc(O)c(O)c(CCO)c7)cc(=O)c6c(O)c43)OC53CC#CC4(C(=O)O)OC(OC3=O)C(O)C(O)C4(O)O)C=C12. The van der Waals surface area contributed by atoms with E-state index in [2.05, 4.69) is 39.3 Å². The van der Waals surface area contributed by atoms with Crippen molar-refractivity contribution >= 4 is 22.9 Å². The lowest BCUT2D eigenvalue weighted by molar-refractivity contribution is -0.405. The predicted octanol–water partition coefficient (Wildman–Crippen LogP) is -0.170. The zero-order chi connectivity index (χ0) is 55.9. The van der Waals surface area contributed by atoms with Crippen molar-refractivity contribution in [3.8, 4) is 58.0 Å². The lowest BCUT2D eigenvalue weighted by Gasteiger charge is -2.62. The minimum atomic E-state index is -3.90. The molecule has 12 unspecified atom stereocenters. The van der Waals surface area contributed by atoms with Gasteiger partial charge in [0.25, 0.3) is 11.4 Å². The maximum atomic E-state index is 15.8. The first-order chi connectivity index (χ1) is 37.6. The van der Waals surface area contributed by atoms with E-state index in [0.29, 0.717) is 36.2 Å². The van der Waals surface area contributed by atoms with Crippen LogP contribution >= 0.6 is 0 Å². The summed E-state index contributed by atoms with van der Waals surface area (Å²) in [4.78, 5) is 46.6. The quantitative estimate of drug-likeness (QED) is 0.0406. The fraction of sp³-hybridized carbons (Fsp3) is 0.446. The van der Waals surface area contributed by atoms with Crippen molar-refractivity contribution in [3.05, 3.63) is 104 Å². The van der Waals surface area contributed by atoms with E-state index in [1.54, 1.807) is 18.5 Å². The van der Waals surface area contributed by atoms with Crippen LogP contribution in [0, 0.1) is 35.0 Å². The Balaban J connectivity index is 1.16. The predicted molar refractivity (Wildman–Crippen MR) is 269 cm³/mol. The third-order valence-electron chi connectivity index (χ3n) is 17.3. The van der Waals surface area contributed by atoms with Crippen LogP contribution in [0.4, 0.5) is 0 Å². The molecule has 4 aromatic rings. The molecule has 13 rings (SSSR count). The average Bonchev–Trinajstić information content (AvgIpc) is 3.28. The number of rotatable bonds is 5. The Morgan fingerprint density at radius 2 is 1.72 bits per heavy atom. The maximum Gasteiger partial charge on any atom is 0.354 e. The molecule has 9 aliphatic rings. The number of esters is 1. The average molecular weight is 1090 g/mol. The summed E-state index contributed by atoms with van der Waals surface area (Å²) in [6.07, 6.45) is -7.21. The summed E-state index contributed by atoms with van der Waals surface area (Å²) in [5, 5.41) is 146. The topological polar surface area (TPSA) is 384 Å². The zero-order valence-electron chi connectivity index (χ0n) is 42.0. The van der Waals surface area contributed by atoms with Gasteiger partial charge in [-0.15, -0.1) is 0 Å². The maximum absolute atomic E-state index is 15.8. The normalized spacial score (nSPS) is 34.7. The van der Waals surface area contributed by atoms with Gasteiger partial charge in [-0.2, -0.15) is 0 Å². The molecule has 12 atom stereocenters. The molecule has 7 aliphatic heterocycles. The van der Waals surface area contributed by atoms with E-state index < -0.39 is 124 Å².